The first-order chi connectivity index (χ1) is 20.6. The number of aromatic carboxylic acids is 1. The zero-order valence-corrected chi connectivity index (χ0v) is 26.0. The minimum Gasteiger partial charge on any atom is -0.504 e. The summed E-state index contributed by atoms with van der Waals surface area (Å²) in [5, 5.41) is 16.9. The van der Waals surface area contributed by atoms with Crippen LogP contribution < -0.4 is 10.2 Å². The van der Waals surface area contributed by atoms with E-state index in [1.54, 1.807) is 30.4 Å². The van der Waals surface area contributed by atoms with Gasteiger partial charge >= 0.3 is 12.1 Å². The molecule has 1 aromatic heterocycles. The first-order valence-corrected chi connectivity index (χ1v) is 14.6. The number of rotatable bonds is 9. The van der Waals surface area contributed by atoms with Crippen molar-refractivity contribution < 1.29 is 24.2 Å². The number of hydrogen-bond acceptors (Lipinski definition) is 6. The number of carboxylic acids is 1. The van der Waals surface area contributed by atoms with Crippen molar-refractivity contribution in [3.8, 4) is 0 Å². The summed E-state index contributed by atoms with van der Waals surface area (Å²) in [4.78, 5) is 24.4. The first-order valence-electron chi connectivity index (χ1n) is 14.6. The highest BCUT2D eigenvalue weighted by Crippen LogP contribution is 2.34. The van der Waals surface area contributed by atoms with Crippen LogP contribution in [0.4, 0.5) is 10.5 Å². The van der Waals surface area contributed by atoms with Gasteiger partial charge in [0.2, 0.25) is 0 Å². The molecule has 1 spiro atoms. The number of ether oxygens (including phenoxy) is 2. The Morgan fingerprint density at radius 1 is 1.12 bits per heavy atom. The van der Waals surface area contributed by atoms with Crippen LogP contribution in [0.3, 0.4) is 0 Å². The summed E-state index contributed by atoms with van der Waals surface area (Å²) in [7, 11) is 1.64. The van der Waals surface area contributed by atoms with Crippen LogP contribution in [0.2, 0.25) is 0 Å². The summed E-state index contributed by atoms with van der Waals surface area (Å²) in [5.41, 5.74) is 4.85. The van der Waals surface area contributed by atoms with Crippen LogP contribution in [0, 0.1) is 12.8 Å². The Kier molecular flexibility index (Phi) is 12.1. The van der Waals surface area contributed by atoms with Crippen LogP contribution >= 0.6 is 0 Å². The summed E-state index contributed by atoms with van der Waals surface area (Å²) in [6.45, 7) is 12.7. The molecule has 0 atom stereocenters. The molecule has 2 aliphatic rings. The monoisotopic (exact) mass is 588 g/mol. The number of aromatic nitrogens is 2. The molecule has 2 aliphatic heterocycles. The van der Waals surface area contributed by atoms with Gasteiger partial charge in [0.25, 0.3) is 0 Å². The normalized spacial score (nSPS) is 17.3. The molecule has 230 valence electrons. The Bertz CT molecular complexity index is 1390. The molecule has 2 fully saturated rings. The molecule has 1 aromatic carbocycles. The molecule has 0 aliphatic carbocycles. The maximum atomic E-state index is 12.0. The number of nitrogens with zero attached hydrogens (tertiary/aromatic N) is 3. The number of aryl methyl sites for hydroxylation is 1. The van der Waals surface area contributed by atoms with Gasteiger partial charge in [0.1, 0.15) is 5.60 Å². The highest BCUT2D eigenvalue weighted by Gasteiger charge is 2.46. The van der Waals surface area contributed by atoms with E-state index >= 15 is 0 Å². The molecule has 3 heterocycles. The minimum atomic E-state index is -0.977. The van der Waals surface area contributed by atoms with Crippen molar-refractivity contribution in [2.24, 2.45) is 5.92 Å². The van der Waals surface area contributed by atoms with E-state index in [1.165, 1.54) is 17.8 Å². The van der Waals surface area contributed by atoms with Crippen LogP contribution in [0.25, 0.3) is 11.3 Å². The number of methoxy groups -OCH3 is 1. The number of benzene rings is 1. The van der Waals surface area contributed by atoms with E-state index in [0.29, 0.717) is 18.2 Å². The van der Waals surface area contributed by atoms with Crippen molar-refractivity contribution in [2.45, 2.75) is 53.1 Å². The fourth-order valence-corrected chi connectivity index (χ4v) is 4.97. The molecule has 4 rings (SSSR count). The van der Waals surface area contributed by atoms with Gasteiger partial charge in [-0.2, -0.15) is 5.10 Å². The lowest BCUT2D eigenvalue weighted by atomic mass is 9.92. The molecule has 2 N–H and O–H groups in total. The summed E-state index contributed by atoms with van der Waals surface area (Å²) in [6, 6.07) is 6.28. The summed E-state index contributed by atoms with van der Waals surface area (Å²) >= 11 is 0. The van der Waals surface area contributed by atoms with Gasteiger partial charge in [-0.3, -0.25) is 4.90 Å². The second kappa shape index (κ2) is 15.7. The number of carbonyl (C=O) groups is 2. The molecule has 1 amide bonds. The van der Waals surface area contributed by atoms with Crippen molar-refractivity contribution in [2.75, 3.05) is 31.6 Å². The lowest BCUT2D eigenvalue weighted by Gasteiger charge is -2.31. The number of piperidine rings is 1. The maximum Gasteiger partial charge on any atom is 0.415 e. The van der Waals surface area contributed by atoms with Gasteiger partial charge in [-0.15, -0.1) is 0 Å². The molecular weight excluding hydrogens is 544 g/mol. The molecule has 0 bridgehead atoms. The molecule has 0 saturated carbocycles. The fourth-order valence-electron chi connectivity index (χ4n) is 4.97. The van der Waals surface area contributed by atoms with Crippen LogP contribution in [0.5, 0.6) is 0 Å². The molecule has 0 unspecified atom stereocenters. The molecule has 2 aromatic rings. The zero-order valence-electron chi connectivity index (χ0n) is 26.0. The number of carboxylic acid groups (broad SMARTS) is 1. The van der Waals surface area contributed by atoms with Gasteiger partial charge in [0.05, 0.1) is 31.2 Å². The lowest BCUT2D eigenvalue weighted by molar-refractivity contribution is 0.0316. The van der Waals surface area contributed by atoms with Gasteiger partial charge in [-0.25, -0.2) is 14.3 Å². The Hall–Kier alpha value is -4.37. The number of allylic oxidation sites excluding steroid dienone is 9. The van der Waals surface area contributed by atoms with E-state index in [-0.39, 0.29) is 11.7 Å². The minimum absolute atomic E-state index is 0.206. The molecule has 0 radical (unpaired) electrons. The van der Waals surface area contributed by atoms with Gasteiger partial charge in [-0.05, 0) is 87.8 Å². The average Bonchev–Trinajstić information content (AvgIpc) is 3.52. The Balaban J connectivity index is 0.000000237. The van der Waals surface area contributed by atoms with Crippen molar-refractivity contribution in [3.05, 3.63) is 96.1 Å². The van der Waals surface area contributed by atoms with E-state index in [2.05, 4.69) is 50.5 Å². The topological polar surface area (TPSA) is 106 Å². The molecule has 9 nitrogen and oxygen atoms in total. The number of anilines is 1. The SMILES string of the molecule is C/C=C\C=C(/C(C)C)n1cc(C)c(C(/C=C\C)=C/C=C/OC)n1.O=C(O)c1ccc(N2CC3(CCNCC3)OC2=O)cc1. The predicted molar refractivity (Wildman–Crippen MR) is 172 cm³/mol. The van der Waals surface area contributed by atoms with E-state index < -0.39 is 11.6 Å². The molecule has 9 heteroatoms. The standard InChI is InChI=1S/C20H28N2O.C14H16N2O4/c1-7-9-13-19(16(3)4)22-15-17(5)20(21-22)18(11-8-2)12-10-14-23-6;17-12(18)10-1-3-11(4-2-10)16-9-14(20-13(16)19)5-7-15-8-6-14/h7-16H,1-6H3;1-4,15H,5-9H2,(H,17,18)/b9-7-,11-8-,14-10+,18-12+,19-13+;. The Morgan fingerprint density at radius 2 is 1.81 bits per heavy atom. The largest absolute Gasteiger partial charge is 0.504 e. The summed E-state index contributed by atoms with van der Waals surface area (Å²) in [6.07, 6.45) is 19.2. The Labute approximate surface area is 254 Å². The van der Waals surface area contributed by atoms with Crippen LogP contribution in [-0.4, -0.2) is 59.3 Å². The van der Waals surface area contributed by atoms with Crippen LogP contribution in [0.15, 0.2) is 79.3 Å². The first kappa shape index (κ1) is 33.1. The van der Waals surface area contributed by atoms with Crippen LogP contribution in [-0.2, 0) is 9.47 Å². The third-order valence-corrected chi connectivity index (χ3v) is 7.23. The van der Waals surface area contributed by atoms with Crippen molar-refractivity contribution >= 4 is 29.0 Å². The molecule has 43 heavy (non-hydrogen) atoms. The average molecular weight is 589 g/mol. The van der Waals surface area contributed by atoms with Crippen molar-refractivity contribution in [3.63, 3.8) is 0 Å². The van der Waals surface area contributed by atoms with E-state index in [4.69, 9.17) is 19.7 Å². The highest BCUT2D eigenvalue weighted by molar-refractivity contribution is 5.92. The van der Waals surface area contributed by atoms with Gasteiger partial charge in [-0.1, -0.05) is 38.2 Å². The van der Waals surface area contributed by atoms with E-state index in [9.17, 15) is 9.59 Å². The smallest absolute Gasteiger partial charge is 0.415 e. The zero-order chi connectivity index (χ0) is 31.4. The van der Waals surface area contributed by atoms with Gasteiger partial charge in [0, 0.05) is 36.0 Å². The quantitative estimate of drug-likeness (QED) is 0.244. The third-order valence-electron chi connectivity index (χ3n) is 7.23. The van der Waals surface area contributed by atoms with Crippen LogP contribution in [0.1, 0.15) is 62.2 Å². The number of carbonyl (C=O) groups excluding carboxylic acids is 1. The lowest BCUT2D eigenvalue weighted by Crippen LogP contribution is -2.44. The summed E-state index contributed by atoms with van der Waals surface area (Å²) in [5.74, 6) is -0.587. The summed E-state index contributed by atoms with van der Waals surface area (Å²) < 4.78 is 12.5. The Morgan fingerprint density at radius 3 is 2.40 bits per heavy atom. The number of nitrogens with one attached hydrogen (secondary N) is 1. The van der Waals surface area contributed by atoms with Gasteiger partial charge < -0.3 is 19.9 Å². The maximum absolute atomic E-state index is 12.0. The highest BCUT2D eigenvalue weighted by atomic mass is 16.6. The second-order valence-corrected chi connectivity index (χ2v) is 10.8. The fraction of sp³-hybridized carbons (Fsp3) is 0.382. The third kappa shape index (κ3) is 8.81. The number of hydrogen-bond donors (Lipinski definition) is 2. The molecular formula is C34H44N4O5. The predicted octanol–water partition coefficient (Wildman–Crippen LogP) is 6.85. The van der Waals surface area contributed by atoms with Gasteiger partial charge in [0.15, 0.2) is 0 Å². The van der Waals surface area contributed by atoms with E-state index in [0.717, 1.165) is 42.8 Å². The van der Waals surface area contributed by atoms with Crippen molar-refractivity contribution in [1.29, 1.82) is 0 Å². The van der Waals surface area contributed by atoms with E-state index in [1.807, 2.05) is 42.8 Å². The molecule has 2 saturated heterocycles. The second-order valence-electron chi connectivity index (χ2n) is 10.8. The van der Waals surface area contributed by atoms with Crippen molar-refractivity contribution in [1.82, 2.24) is 15.1 Å². The number of amides is 1.